The van der Waals surface area contributed by atoms with Gasteiger partial charge in [-0.2, -0.15) is 0 Å². The van der Waals surface area contributed by atoms with Gasteiger partial charge in [0, 0.05) is 6.04 Å². The van der Waals surface area contributed by atoms with Crippen molar-refractivity contribution in [2.45, 2.75) is 64.6 Å². The van der Waals surface area contributed by atoms with Crippen molar-refractivity contribution in [3.05, 3.63) is 0 Å². The molecule has 3 unspecified atom stereocenters. The number of amides is 2. The van der Waals surface area contributed by atoms with Gasteiger partial charge < -0.3 is 10.2 Å². The maximum Gasteiger partial charge on any atom is 0.245 e. The predicted octanol–water partition coefficient (Wildman–Crippen LogP) is 1.30. The Labute approximate surface area is 103 Å². The van der Waals surface area contributed by atoms with Gasteiger partial charge in [-0.3, -0.25) is 9.59 Å². The summed E-state index contributed by atoms with van der Waals surface area (Å²) in [6, 6.07) is -0.399. The molecule has 3 atom stereocenters. The second-order valence-electron chi connectivity index (χ2n) is 5.40. The molecule has 96 valence electrons. The Morgan fingerprint density at radius 2 is 2.06 bits per heavy atom. The first kappa shape index (κ1) is 12.4. The van der Waals surface area contributed by atoms with Crippen molar-refractivity contribution in [2.75, 3.05) is 0 Å². The number of rotatable bonds is 4. The Hall–Kier alpha value is -1.06. The van der Waals surface area contributed by atoms with Gasteiger partial charge >= 0.3 is 0 Å². The molecule has 0 aromatic rings. The monoisotopic (exact) mass is 238 g/mol. The van der Waals surface area contributed by atoms with Crippen LogP contribution < -0.4 is 5.32 Å². The smallest absolute Gasteiger partial charge is 0.245 e. The third-order valence-corrected chi connectivity index (χ3v) is 3.80. The zero-order valence-corrected chi connectivity index (χ0v) is 10.9. The Morgan fingerprint density at radius 3 is 2.59 bits per heavy atom. The van der Waals surface area contributed by atoms with E-state index in [1.54, 1.807) is 6.92 Å². The minimum atomic E-state index is -0.364. The topological polar surface area (TPSA) is 49.4 Å². The maximum absolute atomic E-state index is 12.2. The van der Waals surface area contributed by atoms with Crippen LogP contribution in [0.1, 0.15) is 46.5 Å². The van der Waals surface area contributed by atoms with Crippen LogP contribution in [-0.4, -0.2) is 34.8 Å². The molecule has 2 fully saturated rings. The summed E-state index contributed by atoms with van der Waals surface area (Å²) < 4.78 is 0. The first-order chi connectivity index (χ1) is 8.06. The van der Waals surface area contributed by atoms with Gasteiger partial charge in [0.1, 0.15) is 12.1 Å². The third kappa shape index (κ3) is 2.31. The van der Waals surface area contributed by atoms with Gasteiger partial charge in [-0.05, 0) is 39.0 Å². The summed E-state index contributed by atoms with van der Waals surface area (Å²) in [4.78, 5) is 26.1. The van der Waals surface area contributed by atoms with E-state index in [0.717, 1.165) is 25.7 Å². The van der Waals surface area contributed by atoms with Crippen molar-refractivity contribution >= 4 is 11.8 Å². The minimum Gasteiger partial charge on any atom is -0.343 e. The van der Waals surface area contributed by atoms with Crippen LogP contribution in [0.2, 0.25) is 0 Å². The summed E-state index contributed by atoms with van der Waals surface area (Å²) in [5.41, 5.74) is 0. The highest BCUT2D eigenvalue weighted by molar-refractivity contribution is 5.97. The molecule has 1 heterocycles. The predicted molar refractivity (Wildman–Crippen MR) is 65.3 cm³/mol. The molecule has 0 aromatic carbocycles. The number of hydrogen-bond acceptors (Lipinski definition) is 2. The zero-order valence-electron chi connectivity index (χ0n) is 10.9. The molecule has 0 spiro atoms. The molecule has 2 amide bonds. The van der Waals surface area contributed by atoms with Gasteiger partial charge in [0.15, 0.2) is 0 Å². The lowest BCUT2D eigenvalue weighted by atomic mass is 9.99. The van der Waals surface area contributed by atoms with E-state index in [4.69, 9.17) is 0 Å². The highest BCUT2D eigenvalue weighted by Gasteiger charge is 2.47. The van der Waals surface area contributed by atoms with Gasteiger partial charge in [0.05, 0.1) is 0 Å². The first-order valence-electron chi connectivity index (χ1n) is 6.68. The van der Waals surface area contributed by atoms with Gasteiger partial charge in [-0.15, -0.1) is 0 Å². The summed E-state index contributed by atoms with van der Waals surface area (Å²) in [5.74, 6) is 0.524. The van der Waals surface area contributed by atoms with Crippen LogP contribution in [0.5, 0.6) is 0 Å². The molecule has 2 aliphatic rings. The number of carbonyl (C=O) groups is 2. The van der Waals surface area contributed by atoms with Crippen molar-refractivity contribution in [2.24, 2.45) is 5.92 Å². The van der Waals surface area contributed by atoms with E-state index in [1.165, 1.54) is 0 Å². The quantitative estimate of drug-likeness (QED) is 0.802. The van der Waals surface area contributed by atoms with Crippen LogP contribution in [0, 0.1) is 5.92 Å². The fraction of sp³-hybridized carbons (Fsp3) is 0.846. The number of carbonyl (C=O) groups excluding carboxylic acids is 2. The first-order valence-corrected chi connectivity index (χ1v) is 6.68. The van der Waals surface area contributed by atoms with E-state index < -0.39 is 0 Å². The van der Waals surface area contributed by atoms with Crippen LogP contribution in [-0.2, 0) is 9.59 Å². The molecule has 1 aliphatic heterocycles. The molecule has 1 N–H and O–H groups in total. The van der Waals surface area contributed by atoms with Crippen molar-refractivity contribution in [1.82, 2.24) is 10.2 Å². The molecule has 1 saturated heterocycles. The number of hydrogen-bond donors (Lipinski definition) is 1. The molecular weight excluding hydrogens is 216 g/mol. The van der Waals surface area contributed by atoms with E-state index >= 15 is 0 Å². The van der Waals surface area contributed by atoms with E-state index in [0.29, 0.717) is 5.92 Å². The molecule has 0 aromatic heterocycles. The van der Waals surface area contributed by atoms with Crippen LogP contribution in [0.4, 0.5) is 0 Å². The summed E-state index contributed by atoms with van der Waals surface area (Å²) in [6.45, 7) is 5.94. The average molecular weight is 238 g/mol. The summed E-state index contributed by atoms with van der Waals surface area (Å²) >= 11 is 0. The van der Waals surface area contributed by atoms with Gasteiger partial charge in [0.25, 0.3) is 0 Å². The lowest BCUT2D eigenvalue weighted by Crippen LogP contribution is -2.65. The largest absolute Gasteiger partial charge is 0.343 e. The van der Waals surface area contributed by atoms with E-state index in [2.05, 4.69) is 19.2 Å². The summed E-state index contributed by atoms with van der Waals surface area (Å²) in [7, 11) is 0. The molecule has 0 radical (unpaired) electrons. The van der Waals surface area contributed by atoms with E-state index in [-0.39, 0.29) is 29.9 Å². The molecule has 4 nitrogen and oxygen atoms in total. The lowest BCUT2D eigenvalue weighted by molar-refractivity contribution is -0.152. The standard InChI is InChI=1S/C13H22N2O2/c1-4-5-8(2)15-11(10-6-7-10)12(16)14-9(3)13(15)17/h8-11H,4-7H2,1-3H3,(H,14,16). The minimum absolute atomic E-state index is 0.0440. The fourth-order valence-electron chi connectivity index (χ4n) is 2.75. The van der Waals surface area contributed by atoms with Gasteiger partial charge in [-0.1, -0.05) is 13.3 Å². The Bertz CT molecular complexity index is 325. The highest BCUT2D eigenvalue weighted by atomic mass is 16.2. The SMILES string of the molecule is CCCC(C)N1C(=O)C(C)NC(=O)C1C1CC1. The van der Waals surface area contributed by atoms with Crippen molar-refractivity contribution in [1.29, 1.82) is 0 Å². The molecule has 0 bridgehead atoms. The number of nitrogens with zero attached hydrogens (tertiary/aromatic N) is 1. The summed E-state index contributed by atoms with van der Waals surface area (Å²) in [6.07, 6.45) is 4.16. The molecular formula is C13H22N2O2. The normalized spacial score (nSPS) is 31.4. The Balaban J connectivity index is 2.20. The molecule has 17 heavy (non-hydrogen) atoms. The van der Waals surface area contributed by atoms with E-state index in [9.17, 15) is 9.59 Å². The highest BCUT2D eigenvalue weighted by Crippen LogP contribution is 2.38. The zero-order chi connectivity index (χ0) is 12.6. The van der Waals surface area contributed by atoms with Crippen molar-refractivity contribution in [3.8, 4) is 0 Å². The Morgan fingerprint density at radius 1 is 1.41 bits per heavy atom. The molecule has 4 heteroatoms. The van der Waals surface area contributed by atoms with E-state index in [1.807, 2.05) is 4.90 Å². The number of piperazine rings is 1. The lowest BCUT2D eigenvalue weighted by Gasteiger charge is -2.41. The van der Waals surface area contributed by atoms with Crippen LogP contribution in [0.3, 0.4) is 0 Å². The fourth-order valence-corrected chi connectivity index (χ4v) is 2.75. The molecule has 1 aliphatic carbocycles. The van der Waals surface area contributed by atoms with Crippen LogP contribution in [0.25, 0.3) is 0 Å². The van der Waals surface area contributed by atoms with Crippen molar-refractivity contribution < 1.29 is 9.59 Å². The average Bonchev–Trinajstić information content (AvgIpc) is 3.07. The summed E-state index contributed by atoms with van der Waals surface area (Å²) in [5, 5.41) is 2.80. The molecule has 1 saturated carbocycles. The van der Waals surface area contributed by atoms with Gasteiger partial charge in [0.2, 0.25) is 11.8 Å². The molecule has 2 rings (SSSR count). The van der Waals surface area contributed by atoms with Crippen LogP contribution in [0.15, 0.2) is 0 Å². The second-order valence-corrected chi connectivity index (χ2v) is 5.40. The third-order valence-electron chi connectivity index (χ3n) is 3.80. The van der Waals surface area contributed by atoms with Gasteiger partial charge in [-0.25, -0.2) is 0 Å². The van der Waals surface area contributed by atoms with Crippen LogP contribution >= 0.6 is 0 Å². The second kappa shape index (κ2) is 4.67. The number of nitrogens with one attached hydrogen (secondary N) is 1. The Kier molecular flexibility index (Phi) is 3.40. The maximum atomic E-state index is 12.2. The van der Waals surface area contributed by atoms with Crippen molar-refractivity contribution in [3.63, 3.8) is 0 Å².